The highest BCUT2D eigenvalue weighted by atomic mass is 35.5. The molecule has 0 aliphatic carbocycles. The molecule has 156 valence electrons. The predicted molar refractivity (Wildman–Crippen MR) is 119 cm³/mol. The molecule has 0 bridgehead atoms. The molecule has 30 heavy (non-hydrogen) atoms. The molecule has 2 aliphatic heterocycles. The summed E-state index contributed by atoms with van der Waals surface area (Å²) in [6, 6.07) is 19.7. The molecule has 6 nitrogen and oxygen atoms in total. The Morgan fingerprint density at radius 3 is 2.33 bits per heavy atom. The third-order valence-electron chi connectivity index (χ3n) is 5.99. The minimum atomic E-state index is 0. The van der Waals surface area contributed by atoms with Crippen LogP contribution in [0.5, 0.6) is 5.75 Å². The van der Waals surface area contributed by atoms with Crippen LogP contribution in [0.15, 0.2) is 60.7 Å². The number of benzene rings is 2. The van der Waals surface area contributed by atoms with E-state index in [4.69, 9.17) is 9.84 Å². The van der Waals surface area contributed by atoms with Crippen molar-refractivity contribution >= 4 is 18.3 Å². The number of para-hydroxylation sites is 1. The van der Waals surface area contributed by atoms with Crippen molar-refractivity contribution in [2.24, 2.45) is 11.8 Å². The number of rotatable bonds is 4. The molecule has 2 aromatic carbocycles. The van der Waals surface area contributed by atoms with Crippen LogP contribution in [0.2, 0.25) is 0 Å². The van der Waals surface area contributed by atoms with Crippen LogP contribution < -0.4 is 10.1 Å². The molecule has 0 spiro atoms. The highest BCUT2D eigenvalue weighted by Gasteiger charge is 2.39. The molecular formula is C23H25ClN4O2. The second-order valence-electron chi connectivity index (χ2n) is 7.78. The summed E-state index contributed by atoms with van der Waals surface area (Å²) >= 11 is 0. The molecule has 3 aromatic rings. The van der Waals surface area contributed by atoms with Gasteiger partial charge in [0.2, 0.25) is 0 Å². The third-order valence-corrected chi connectivity index (χ3v) is 5.99. The lowest BCUT2D eigenvalue weighted by Gasteiger charge is -2.15. The van der Waals surface area contributed by atoms with E-state index in [1.807, 2.05) is 70.2 Å². The van der Waals surface area contributed by atoms with Crippen molar-refractivity contribution in [2.45, 2.75) is 0 Å². The van der Waals surface area contributed by atoms with E-state index in [0.29, 0.717) is 17.5 Å². The lowest BCUT2D eigenvalue weighted by Crippen LogP contribution is -2.32. The van der Waals surface area contributed by atoms with Crippen molar-refractivity contribution in [1.29, 1.82) is 0 Å². The minimum Gasteiger partial charge on any atom is -0.497 e. The summed E-state index contributed by atoms with van der Waals surface area (Å²) in [4.78, 5) is 15.2. The van der Waals surface area contributed by atoms with Gasteiger partial charge in [-0.3, -0.25) is 4.79 Å². The number of fused-ring (bicyclic) bond motifs is 1. The molecule has 1 aromatic heterocycles. The molecule has 1 amide bonds. The maximum absolute atomic E-state index is 13.2. The van der Waals surface area contributed by atoms with Gasteiger partial charge in [-0.15, -0.1) is 12.4 Å². The standard InChI is InChI=1S/C23H24N4O2.ClH/c1-29-20-9-7-16(8-10-20)22-11-21(25-27(22)19-5-3-2-4-6-19)23(28)26-14-17-12-24-13-18(17)15-26;/h2-11,17-18,24H,12-15H2,1H3;1H/t17-,18+;. The van der Waals surface area contributed by atoms with Crippen molar-refractivity contribution in [3.8, 4) is 22.7 Å². The summed E-state index contributed by atoms with van der Waals surface area (Å²) in [6.45, 7) is 3.63. The van der Waals surface area contributed by atoms with E-state index < -0.39 is 0 Å². The van der Waals surface area contributed by atoms with Gasteiger partial charge in [-0.25, -0.2) is 4.68 Å². The molecule has 1 N–H and O–H groups in total. The van der Waals surface area contributed by atoms with Gasteiger partial charge in [0.05, 0.1) is 18.5 Å². The summed E-state index contributed by atoms with van der Waals surface area (Å²) in [5.74, 6) is 1.95. The predicted octanol–water partition coefficient (Wildman–Crippen LogP) is 3.26. The lowest BCUT2D eigenvalue weighted by atomic mass is 10.0. The summed E-state index contributed by atoms with van der Waals surface area (Å²) in [7, 11) is 1.65. The molecule has 3 heterocycles. The Kier molecular flexibility index (Phi) is 5.79. The number of carbonyl (C=O) groups is 1. The van der Waals surface area contributed by atoms with Gasteiger partial charge in [0.25, 0.3) is 5.91 Å². The molecule has 2 fully saturated rings. The van der Waals surface area contributed by atoms with Crippen molar-refractivity contribution in [1.82, 2.24) is 20.0 Å². The zero-order valence-corrected chi connectivity index (χ0v) is 17.6. The first-order valence-corrected chi connectivity index (χ1v) is 10.0. The monoisotopic (exact) mass is 424 g/mol. The van der Waals surface area contributed by atoms with Crippen LogP contribution in [0.3, 0.4) is 0 Å². The maximum Gasteiger partial charge on any atom is 0.274 e. The van der Waals surface area contributed by atoms with Crippen LogP contribution in [0.1, 0.15) is 10.5 Å². The largest absolute Gasteiger partial charge is 0.497 e. The molecule has 0 unspecified atom stereocenters. The van der Waals surface area contributed by atoms with E-state index in [1.165, 1.54) is 0 Å². The Bertz CT molecular complexity index is 1010. The molecule has 7 heteroatoms. The molecule has 2 saturated heterocycles. The van der Waals surface area contributed by atoms with E-state index in [-0.39, 0.29) is 18.3 Å². The fraction of sp³-hybridized carbons (Fsp3) is 0.304. The first kappa shape index (κ1) is 20.4. The number of ether oxygens (including phenoxy) is 1. The number of likely N-dealkylation sites (tertiary alicyclic amines) is 1. The van der Waals surface area contributed by atoms with Crippen molar-refractivity contribution < 1.29 is 9.53 Å². The third kappa shape index (κ3) is 3.68. The van der Waals surface area contributed by atoms with Crippen LogP contribution in [-0.4, -0.2) is 53.9 Å². The average molecular weight is 425 g/mol. The average Bonchev–Trinajstić information content (AvgIpc) is 3.49. The number of methoxy groups -OCH3 is 1. The van der Waals surface area contributed by atoms with Crippen LogP contribution in [0.25, 0.3) is 16.9 Å². The SMILES string of the molecule is COc1ccc(-c2cc(C(=O)N3C[C@H]4CNC[C@H]4C3)nn2-c2ccccc2)cc1.Cl. The summed E-state index contributed by atoms with van der Waals surface area (Å²) in [5.41, 5.74) is 3.31. The lowest BCUT2D eigenvalue weighted by molar-refractivity contribution is 0.0775. The quantitative estimate of drug-likeness (QED) is 0.698. The van der Waals surface area contributed by atoms with E-state index in [1.54, 1.807) is 7.11 Å². The molecular weight excluding hydrogens is 400 g/mol. The van der Waals surface area contributed by atoms with Gasteiger partial charge in [0.1, 0.15) is 5.75 Å². The van der Waals surface area contributed by atoms with Crippen LogP contribution in [0, 0.1) is 11.8 Å². The molecule has 0 radical (unpaired) electrons. The first-order valence-electron chi connectivity index (χ1n) is 10.0. The zero-order valence-electron chi connectivity index (χ0n) is 16.8. The van der Waals surface area contributed by atoms with Gasteiger partial charge >= 0.3 is 0 Å². The van der Waals surface area contributed by atoms with Gasteiger partial charge < -0.3 is 15.0 Å². The molecule has 0 saturated carbocycles. The topological polar surface area (TPSA) is 59.4 Å². The molecule has 2 aliphatic rings. The Hall–Kier alpha value is -2.83. The maximum atomic E-state index is 13.2. The summed E-state index contributed by atoms with van der Waals surface area (Å²) in [6.07, 6.45) is 0. The van der Waals surface area contributed by atoms with Crippen LogP contribution in [-0.2, 0) is 0 Å². The van der Waals surface area contributed by atoms with Gasteiger partial charge in [-0.2, -0.15) is 5.10 Å². The van der Waals surface area contributed by atoms with Crippen molar-refractivity contribution in [3.05, 3.63) is 66.4 Å². The number of nitrogens with one attached hydrogen (secondary N) is 1. The number of hydrogen-bond acceptors (Lipinski definition) is 4. The normalized spacial score (nSPS) is 20.0. The summed E-state index contributed by atoms with van der Waals surface area (Å²) < 4.78 is 7.13. The minimum absolute atomic E-state index is 0. The van der Waals surface area contributed by atoms with E-state index in [9.17, 15) is 4.79 Å². The highest BCUT2D eigenvalue weighted by Crippen LogP contribution is 2.30. The van der Waals surface area contributed by atoms with E-state index in [2.05, 4.69) is 5.32 Å². The van der Waals surface area contributed by atoms with Crippen LogP contribution >= 0.6 is 12.4 Å². The Morgan fingerprint density at radius 2 is 1.70 bits per heavy atom. The Morgan fingerprint density at radius 1 is 1.03 bits per heavy atom. The Balaban J connectivity index is 0.00000218. The van der Waals surface area contributed by atoms with E-state index in [0.717, 1.165) is 48.9 Å². The second kappa shape index (κ2) is 8.50. The second-order valence-corrected chi connectivity index (χ2v) is 7.78. The van der Waals surface area contributed by atoms with Crippen molar-refractivity contribution in [3.63, 3.8) is 0 Å². The van der Waals surface area contributed by atoms with Gasteiger partial charge in [0.15, 0.2) is 5.69 Å². The molecule has 2 atom stereocenters. The first-order chi connectivity index (χ1) is 14.2. The number of carbonyl (C=O) groups excluding carboxylic acids is 1. The van der Waals surface area contributed by atoms with E-state index >= 15 is 0 Å². The fourth-order valence-electron chi connectivity index (χ4n) is 4.40. The van der Waals surface area contributed by atoms with Gasteiger partial charge in [-0.05, 0) is 54.3 Å². The number of nitrogens with zero attached hydrogens (tertiary/aromatic N) is 3. The van der Waals surface area contributed by atoms with Crippen molar-refractivity contribution in [2.75, 3.05) is 33.3 Å². The van der Waals surface area contributed by atoms with Gasteiger partial charge in [0, 0.05) is 31.7 Å². The zero-order chi connectivity index (χ0) is 19.8. The number of amides is 1. The van der Waals surface area contributed by atoms with Gasteiger partial charge in [-0.1, -0.05) is 18.2 Å². The Labute approximate surface area is 182 Å². The fourth-order valence-corrected chi connectivity index (χ4v) is 4.40. The summed E-state index contributed by atoms with van der Waals surface area (Å²) in [5, 5.41) is 8.14. The number of halogens is 1. The smallest absolute Gasteiger partial charge is 0.274 e. The molecule has 5 rings (SSSR count). The number of hydrogen-bond donors (Lipinski definition) is 1. The highest BCUT2D eigenvalue weighted by molar-refractivity contribution is 5.94. The number of aromatic nitrogens is 2. The van der Waals surface area contributed by atoms with Crippen LogP contribution in [0.4, 0.5) is 0 Å².